The SMILES string of the molecule is O[C@@H](C[n+]1ccn(CCn2cc[n+](C[C@H](O)c3ccccc3)c2)c1)c1ccccc1. The predicted molar refractivity (Wildman–Crippen MR) is 112 cm³/mol. The van der Waals surface area contributed by atoms with Crippen LogP contribution < -0.4 is 9.13 Å². The van der Waals surface area contributed by atoms with E-state index in [1.54, 1.807) is 0 Å². The molecule has 0 fully saturated rings. The Hall–Kier alpha value is -3.22. The zero-order valence-corrected chi connectivity index (χ0v) is 16.9. The van der Waals surface area contributed by atoms with Crippen LogP contribution in [0.3, 0.4) is 0 Å². The van der Waals surface area contributed by atoms with Crippen molar-refractivity contribution in [2.24, 2.45) is 0 Å². The van der Waals surface area contributed by atoms with Gasteiger partial charge < -0.3 is 10.2 Å². The summed E-state index contributed by atoms with van der Waals surface area (Å²) in [5.74, 6) is 0. The first-order valence-corrected chi connectivity index (χ1v) is 10.2. The van der Waals surface area contributed by atoms with Gasteiger partial charge in [0.2, 0.25) is 12.7 Å². The number of hydrogen-bond donors (Lipinski definition) is 2. The van der Waals surface area contributed by atoms with Crippen LogP contribution in [0.15, 0.2) is 98.1 Å². The number of nitrogens with zero attached hydrogens (tertiary/aromatic N) is 4. The van der Waals surface area contributed by atoms with Crippen molar-refractivity contribution in [1.82, 2.24) is 9.13 Å². The third-order valence-corrected chi connectivity index (χ3v) is 5.25. The van der Waals surface area contributed by atoms with Gasteiger partial charge in [-0.05, 0) is 11.1 Å². The minimum Gasteiger partial charge on any atom is -0.384 e. The van der Waals surface area contributed by atoms with Crippen molar-refractivity contribution in [2.45, 2.75) is 38.4 Å². The van der Waals surface area contributed by atoms with Gasteiger partial charge in [-0.25, -0.2) is 18.3 Å². The Bertz CT molecular complexity index is 958. The molecule has 0 bridgehead atoms. The van der Waals surface area contributed by atoms with E-state index in [0.717, 1.165) is 24.2 Å². The van der Waals surface area contributed by atoms with Crippen molar-refractivity contribution in [3.05, 3.63) is 109 Å². The highest BCUT2D eigenvalue weighted by Gasteiger charge is 2.14. The Morgan fingerprint density at radius 1 is 0.633 bits per heavy atom. The van der Waals surface area contributed by atoms with Crippen LogP contribution in [0.1, 0.15) is 23.3 Å². The molecule has 2 heterocycles. The monoisotopic (exact) mass is 404 g/mol. The molecule has 0 saturated carbocycles. The molecule has 0 aliphatic rings. The topological polar surface area (TPSA) is 58.1 Å². The number of benzene rings is 2. The highest BCUT2D eigenvalue weighted by Crippen LogP contribution is 2.12. The van der Waals surface area contributed by atoms with Crippen molar-refractivity contribution < 1.29 is 19.3 Å². The summed E-state index contributed by atoms with van der Waals surface area (Å²) in [4.78, 5) is 0. The minimum absolute atomic E-state index is 0.522. The summed E-state index contributed by atoms with van der Waals surface area (Å²) >= 11 is 0. The van der Waals surface area contributed by atoms with Gasteiger partial charge in [0.25, 0.3) is 0 Å². The van der Waals surface area contributed by atoms with Gasteiger partial charge in [-0.15, -0.1) is 0 Å². The van der Waals surface area contributed by atoms with Gasteiger partial charge in [-0.2, -0.15) is 0 Å². The molecule has 154 valence electrons. The number of aromatic nitrogens is 4. The summed E-state index contributed by atoms with van der Waals surface area (Å²) < 4.78 is 8.23. The molecule has 0 aliphatic carbocycles. The number of hydrogen-bond acceptors (Lipinski definition) is 2. The van der Waals surface area contributed by atoms with E-state index in [1.165, 1.54) is 0 Å². The van der Waals surface area contributed by atoms with Gasteiger partial charge in [-0.1, -0.05) is 60.7 Å². The van der Waals surface area contributed by atoms with Crippen molar-refractivity contribution >= 4 is 0 Å². The molecule has 4 aromatic rings. The molecule has 0 aliphatic heterocycles. The van der Waals surface area contributed by atoms with E-state index in [0.29, 0.717) is 13.1 Å². The van der Waals surface area contributed by atoms with Gasteiger partial charge in [0.1, 0.15) is 63.2 Å². The Morgan fingerprint density at radius 3 is 1.43 bits per heavy atom. The predicted octanol–water partition coefficient (Wildman–Crippen LogP) is 2.03. The molecule has 0 spiro atoms. The first-order chi connectivity index (χ1) is 14.7. The van der Waals surface area contributed by atoms with Gasteiger partial charge in [0, 0.05) is 0 Å². The second-order valence-corrected chi connectivity index (χ2v) is 7.55. The van der Waals surface area contributed by atoms with E-state index in [1.807, 2.05) is 107 Å². The molecular formula is C24H28N4O2+2. The lowest BCUT2D eigenvalue weighted by Crippen LogP contribution is -2.35. The molecule has 0 radical (unpaired) electrons. The molecule has 0 saturated heterocycles. The summed E-state index contributed by atoms with van der Waals surface area (Å²) in [5, 5.41) is 20.8. The average molecular weight is 405 g/mol. The summed E-state index contributed by atoms with van der Waals surface area (Å²) in [7, 11) is 0. The third-order valence-electron chi connectivity index (χ3n) is 5.25. The van der Waals surface area contributed by atoms with Crippen molar-refractivity contribution in [1.29, 1.82) is 0 Å². The van der Waals surface area contributed by atoms with E-state index >= 15 is 0 Å². The fourth-order valence-electron chi connectivity index (χ4n) is 3.55. The second kappa shape index (κ2) is 9.52. The average Bonchev–Trinajstić information content (AvgIpc) is 3.42. The lowest BCUT2D eigenvalue weighted by Gasteiger charge is -2.07. The first kappa shape index (κ1) is 20.1. The number of aliphatic hydroxyl groups is 2. The molecule has 30 heavy (non-hydrogen) atoms. The number of rotatable bonds is 9. The maximum Gasteiger partial charge on any atom is 0.244 e. The normalized spacial score (nSPS) is 13.3. The molecule has 2 N–H and O–H groups in total. The van der Waals surface area contributed by atoms with Crippen LogP contribution in [0.4, 0.5) is 0 Å². The standard InChI is InChI=1S/C24H28N4O2/c29-23(21-7-3-1-4-8-21)17-27-15-13-25(19-27)11-12-26-14-16-28(20-26)18-24(30)22-9-5-2-6-10-22/h1-10,13-16,19-20,23-24,29-30H,11-12,17-18H2/q+2/t23-,24-/m0/s1. The van der Waals surface area contributed by atoms with Crippen LogP contribution >= 0.6 is 0 Å². The van der Waals surface area contributed by atoms with Crippen molar-refractivity contribution in [3.8, 4) is 0 Å². The van der Waals surface area contributed by atoms with Gasteiger partial charge in [0.15, 0.2) is 0 Å². The van der Waals surface area contributed by atoms with Gasteiger partial charge in [0.05, 0.1) is 0 Å². The highest BCUT2D eigenvalue weighted by molar-refractivity contribution is 5.17. The first-order valence-electron chi connectivity index (χ1n) is 10.2. The zero-order valence-electron chi connectivity index (χ0n) is 16.9. The van der Waals surface area contributed by atoms with Crippen molar-refractivity contribution in [3.63, 3.8) is 0 Å². The fourth-order valence-corrected chi connectivity index (χ4v) is 3.55. The van der Waals surface area contributed by atoms with E-state index in [2.05, 4.69) is 9.13 Å². The Morgan fingerprint density at radius 2 is 1.03 bits per heavy atom. The van der Waals surface area contributed by atoms with Crippen LogP contribution in [-0.2, 0) is 26.2 Å². The molecule has 0 amide bonds. The Kier molecular flexibility index (Phi) is 6.37. The van der Waals surface area contributed by atoms with E-state index < -0.39 is 12.2 Å². The van der Waals surface area contributed by atoms with E-state index in [4.69, 9.17) is 0 Å². The smallest absolute Gasteiger partial charge is 0.244 e. The molecule has 6 nitrogen and oxygen atoms in total. The molecule has 0 unspecified atom stereocenters. The Balaban J connectivity index is 1.28. The molecule has 6 heteroatoms. The largest absolute Gasteiger partial charge is 0.384 e. The van der Waals surface area contributed by atoms with Crippen LogP contribution in [0.2, 0.25) is 0 Å². The molecule has 4 rings (SSSR count). The van der Waals surface area contributed by atoms with Gasteiger partial charge >= 0.3 is 0 Å². The van der Waals surface area contributed by atoms with E-state index in [9.17, 15) is 10.2 Å². The maximum absolute atomic E-state index is 10.4. The van der Waals surface area contributed by atoms with Crippen LogP contribution in [0.5, 0.6) is 0 Å². The summed E-state index contributed by atoms with van der Waals surface area (Å²) in [6.45, 7) is 2.70. The summed E-state index contributed by atoms with van der Waals surface area (Å²) in [5.41, 5.74) is 1.85. The molecular weight excluding hydrogens is 376 g/mol. The van der Waals surface area contributed by atoms with Crippen LogP contribution in [0.25, 0.3) is 0 Å². The second-order valence-electron chi connectivity index (χ2n) is 7.55. The molecule has 2 aromatic carbocycles. The lowest BCUT2D eigenvalue weighted by molar-refractivity contribution is -0.704. The maximum atomic E-state index is 10.4. The molecule has 2 aromatic heterocycles. The lowest BCUT2D eigenvalue weighted by atomic mass is 10.1. The van der Waals surface area contributed by atoms with Gasteiger partial charge in [-0.3, -0.25) is 0 Å². The van der Waals surface area contributed by atoms with Crippen LogP contribution in [0, 0.1) is 0 Å². The quantitative estimate of drug-likeness (QED) is 0.420. The summed E-state index contributed by atoms with van der Waals surface area (Å²) in [6.07, 6.45) is 11.0. The number of imidazole rings is 2. The number of aryl methyl sites for hydroxylation is 2. The fraction of sp³-hybridized carbons (Fsp3) is 0.250. The summed E-state index contributed by atoms with van der Waals surface area (Å²) in [6, 6.07) is 19.4. The van der Waals surface area contributed by atoms with Crippen LogP contribution in [-0.4, -0.2) is 19.3 Å². The molecule has 2 atom stereocenters. The Labute approximate surface area is 176 Å². The minimum atomic E-state index is -0.522. The number of aliphatic hydroxyl groups excluding tert-OH is 2. The highest BCUT2D eigenvalue weighted by atomic mass is 16.3. The zero-order chi connectivity index (χ0) is 20.8. The van der Waals surface area contributed by atoms with Crippen molar-refractivity contribution in [2.75, 3.05) is 0 Å². The third kappa shape index (κ3) is 5.23. The van der Waals surface area contributed by atoms with E-state index in [-0.39, 0.29) is 0 Å².